The van der Waals surface area contributed by atoms with E-state index in [1.165, 1.54) is 5.56 Å². The maximum absolute atomic E-state index is 9.25. The molecule has 102 valence electrons. The molecule has 0 radical (unpaired) electrons. The van der Waals surface area contributed by atoms with E-state index in [9.17, 15) is 5.11 Å². The molecular formula is C15H26N2O. The SMILES string of the molecule is CCC(CC)N(CCO)C(C)c1ccc(N)cc1. The van der Waals surface area contributed by atoms with Crippen molar-refractivity contribution in [1.29, 1.82) is 0 Å². The Morgan fingerprint density at radius 2 is 1.72 bits per heavy atom. The fourth-order valence-corrected chi connectivity index (χ4v) is 2.53. The summed E-state index contributed by atoms with van der Waals surface area (Å²) in [5, 5.41) is 9.25. The first-order chi connectivity index (χ1) is 8.63. The molecule has 0 aliphatic heterocycles. The molecule has 1 atom stereocenters. The molecule has 1 rings (SSSR count). The number of nitrogens with two attached hydrogens (primary N) is 1. The highest BCUT2D eigenvalue weighted by Crippen LogP contribution is 2.25. The van der Waals surface area contributed by atoms with E-state index in [0.717, 1.165) is 25.1 Å². The molecule has 0 spiro atoms. The maximum atomic E-state index is 9.25. The van der Waals surface area contributed by atoms with Crippen molar-refractivity contribution < 1.29 is 5.11 Å². The minimum absolute atomic E-state index is 0.204. The summed E-state index contributed by atoms with van der Waals surface area (Å²) >= 11 is 0. The van der Waals surface area contributed by atoms with Gasteiger partial charge in [-0.15, -0.1) is 0 Å². The van der Waals surface area contributed by atoms with Gasteiger partial charge in [0.15, 0.2) is 0 Å². The van der Waals surface area contributed by atoms with Gasteiger partial charge in [-0.3, -0.25) is 4.90 Å². The van der Waals surface area contributed by atoms with Crippen molar-refractivity contribution in [3.8, 4) is 0 Å². The predicted octanol–water partition coefficient (Wildman–Crippen LogP) is 2.81. The van der Waals surface area contributed by atoms with Gasteiger partial charge in [-0.05, 0) is 37.5 Å². The van der Waals surface area contributed by atoms with Crippen LogP contribution in [0.5, 0.6) is 0 Å². The van der Waals surface area contributed by atoms with Crippen molar-refractivity contribution in [2.24, 2.45) is 0 Å². The van der Waals surface area contributed by atoms with E-state index < -0.39 is 0 Å². The summed E-state index contributed by atoms with van der Waals surface area (Å²) in [5.74, 6) is 0. The first kappa shape index (κ1) is 15.0. The molecule has 0 saturated carbocycles. The predicted molar refractivity (Wildman–Crippen MR) is 77.4 cm³/mol. The van der Waals surface area contributed by atoms with Gasteiger partial charge < -0.3 is 10.8 Å². The number of nitrogen functional groups attached to an aromatic ring is 1. The van der Waals surface area contributed by atoms with Crippen LogP contribution in [0.3, 0.4) is 0 Å². The van der Waals surface area contributed by atoms with E-state index in [4.69, 9.17) is 5.73 Å². The highest BCUT2D eigenvalue weighted by Gasteiger charge is 2.21. The van der Waals surface area contributed by atoms with Crippen LogP contribution in [-0.2, 0) is 0 Å². The van der Waals surface area contributed by atoms with Crippen LogP contribution in [0.4, 0.5) is 5.69 Å². The molecule has 1 unspecified atom stereocenters. The molecule has 0 bridgehead atoms. The van der Waals surface area contributed by atoms with Gasteiger partial charge in [0.1, 0.15) is 0 Å². The number of hydrogen-bond donors (Lipinski definition) is 2. The summed E-state index contributed by atoms with van der Waals surface area (Å²) < 4.78 is 0. The van der Waals surface area contributed by atoms with E-state index >= 15 is 0 Å². The Bertz CT molecular complexity index is 333. The first-order valence-electron chi connectivity index (χ1n) is 6.86. The third-order valence-electron chi connectivity index (χ3n) is 3.69. The average molecular weight is 250 g/mol. The van der Waals surface area contributed by atoms with Crippen molar-refractivity contribution in [1.82, 2.24) is 4.90 Å². The number of nitrogens with zero attached hydrogens (tertiary/aromatic N) is 1. The van der Waals surface area contributed by atoms with E-state index in [0.29, 0.717) is 12.1 Å². The summed E-state index contributed by atoms with van der Waals surface area (Å²) in [7, 11) is 0. The Morgan fingerprint density at radius 3 is 2.17 bits per heavy atom. The van der Waals surface area contributed by atoms with E-state index in [2.05, 4.69) is 37.8 Å². The number of anilines is 1. The molecule has 3 heteroatoms. The normalized spacial score (nSPS) is 13.2. The molecule has 0 saturated heterocycles. The zero-order valence-electron chi connectivity index (χ0n) is 11.8. The molecule has 18 heavy (non-hydrogen) atoms. The lowest BCUT2D eigenvalue weighted by atomic mass is 10.0. The smallest absolute Gasteiger partial charge is 0.0558 e. The molecule has 1 aromatic carbocycles. The van der Waals surface area contributed by atoms with Crippen molar-refractivity contribution >= 4 is 5.69 Å². The summed E-state index contributed by atoms with van der Waals surface area (Å²) in [4.78, 5) is 2.38. The fourth-order valence-electron chi connectivity index (χ4n) is 2.53. The monoisotopic (exact) mass is 250 g/mol. The molecule has 0 amide bonds. The Hall–Kier alpha value is -1.06. The lowest BCUT2D eigenvalue weighted by Gasteiger charge is -2.35. The van der Waals surface area contributed by atoms with Crippen molar-refractivity contribution in [2.75, 3.05) is 18.9 Å². The van der Waals surface area contributed by atoms with Crippen LogP contribution in [0.15, 0.2) is 24.3 Å². The topological polar surface area (TPSA) is 49.5 Å². The van der Waals surface area contributed by atoms with Gasteiger partial charge in [0.2, 0.25) is 0 Å². The van der Waals surface area contributed by atoms with Crippen LogP contribution in [0.2, 0.25) is 0 Å². The third-order valence-corrected chi connectivity index (χ3v) is 3.69. The maximum Gasteiger partial charge on any atom is 0.0558 e. The van der Waals surface area contributed by atoms with Crippen LogP contribution in [0.1, 0.15) is 45.2 Å². The largest absolute Gasteiger partial charge is 0.399 e. The van der Waals surface area contributed by atoms with Gasteiger partial charge >= 0.3 is 0 Å². The number of benzene rings is 1. The van der Waals surface area contributed by atoms with Crippen molar-refractivity contribution in [2.45, 2.75) is 45.7 Å². The average Bonchev–Trinajstić information content (AvgIpc) is 2.39. The molecule has 3 N–H and O–H groups in total. The Morgan fingerprint density at radius 1 is 1.17 bits per heavy atom. The Kier molecular flexibility index (Phi) is 6.16. The van der Waals surface area contributed by atoms with E-state index in [-0.39, 0.29) is 6.61 Å². The van der Waals surface area contributed by atoms with Crippen LogP contribution >= 0.6 is 0 Å². The second kappa shape index (κ2) is 7.39. The molecule has 0 fully saturated rings. The quantitative estimate of drug-likeness (QED) is 0.732. The zero-order valence-corrected chi connectivity index (χ0v) is 11.8. The molecule has 1 aromatic rings. The van der Waals surface area contributed by atoms with E-state index in [1.54, 1.807) is 0 Å². The molecular weight excluding hydrogens is 224 g/mol. The molecule has 0 aliphatic carbocycles. The van der Waals surface area contributed by atoms with Crippen molar-refractivity contribution in [3.63, 3.8) is 0 Å². The van der Waals surface area contributed by atoms with Crippen LogP contribution in [0.25, 0.3) is 0 Å². The van der Waals surface area contributed by atoms with Gasteiger partial charge in [0.05, 0.1) is 6.61 Å². The summed E-state index contributed by atoms with van der Waals surface area (Å²) in [6.45, 7) is 7.52. The Labute approximate surface area is 111 Å². The fraction of sp³-hybridized carbons (Fsp3) is 0.600. The Balaban J connectivity index is 2.87. The number of aliphatic hydroxyl groups is 1. The molecule has 0 heterocycles. The second-order valence-corrected chi connectivity index (χ2v) is 4.77. The van der Waals surface area contributed by atoms with Gasteiger partial charge in [-0.1, -0.05) is 26.0 Å². The third kappa shape index (κ3) is 3.72. The standard InChI is InChI=1S/C15H26N2O/c1-4-15(5-2)17(10-11-18)12(3)13-6-8-14(16)9-7-13/h6-9,12,15,18H,4-5,10-11,16H2,1-3H3. The van der Waals surface area contributed by atoms with Crippen molar-refractivity contribution in [3.05, 3.63) is 29.8 Å². The van der Waals surface area contributed by atoms with Crippen LogP contribution < -0.4 is 5.73 Å². The lowest BCUT2D eigenvalue weighted by Crippen LogP contribution is -2.38. The van der Waals surface area contributed by atoms with Gasteiger partial charge in [-0.25, -0.2) is 0 Å². The zero-order chi connectivity index (χ0) is 13.5. The molecule has 0 aromatic heterocycles. The number of aliphatic hydroxyl groups excluding tert-OH is 1. The highest BCUT2D eigenvalue weighted by atomic mass is 16.3. The van der Waals surface area contributed by atoms with Crippen LogP contribution in [-0.4, -0.2) is 29.2 Å². The number of rotatable bonds is 7. The minimum atomic E-state index is 0.204. The molecule has 0 aliphatic rings. The van der Waals surface area contributed by atoms with Crippen LogP contribution in [0, 0.1) is 0 Å². The summed E-state index contributed by atoms with van der Waals surface area (Å²) in [6.07, 6.45) is 2.21. The summed E-state index contributed by atoms with van der Waals surface area (Å²) in [5.41, 5.74) is 7.77. The highest BCUT2D eigenvalue weighted by molar-refractivity contribution is 5.40. The minimum Gasteiger partial charge on any atom is -0.399 e. The molecule has 3 nitrogen and oxygen atoms in total. The van der Waals surface area contributed by atoms with Gasteiger partial charge in [0, 0.05) is 24.3 Å². The summed E-state index contributed by atoms with van der Waals surface area (Å²) in [6, 6.07) is 8.86. The van der Waals surface area contributed by atoms with Gasteiger partial charge in [-0.2, -0.15) is 0 Å². The van der Waals surface area contributed by atoms with Gasteiger partial charge in [0.25, 0.3) is 0 Å². The number of hydrogen-bond acceptors (Lipinski definition) is 3. The van der Waals surface area contributed by atoms with E-state index in [1.807, 2.05) is 12.1 Å². The lowest BCUT2D eigenvalue weighted by molar-refractivity contribution is 0.104. The second-order valence-electron chi connectivity index (χ2n) is 4.77. The first-order valence-corrected chi connectivity index (χ1v) is 6.86.